The molecule has 0 aromatic rings. The van der Waals surface area contributed by atoms with Crippen LogP contribution in [0.15, 0.2) is 34.9 Å². The maximum absolute atomic E-state index is 11.0. The smallest absolute Gasteiger partial charge is 0.335 e. The quantitative estimate of drug-likeness (QED) is 0.773. The van der Waals surface area contributed by atoms with Crippen molar-refractivity contribution in [3.05, 3.63) is 34.9 Å². The minimum atomic E-state index is -0.969. The number of hydrogen-bond acceptors (Lipinski definition) is 3. The first kappa shape index (κ1) is 14.4. The molecule has 3 nitrogen and oxygen atoms in total. The highest BCUT2D eigenvalue weighted by Gasteiger charge is 2.24. The number of allylic oxidation sites excluding steroid dienone is 2. The molecular weight excluding hydrogens is 258 g/mol. The van der Waals surface area contributed by atoms with Gasteiger partial charge >= 0.3 is 5.97 Å². The molecule has 0 bridgehead atoms. The van der Waals surface area contributed by atoms with Crippen molar-refractivity contribution in [1.82, 2.24) is 4.72 Å². The van der Waals surface area contributed by atoms with Crippen molar-refractivity contribution in [3.8, 4) is 0 Å². The first-order valence-corrected chi connectivity index (χ1v) is 6.48. The lowest BCUT2D eigenvalue weighted by atomic mass is 10.1. The molecule has 17 heavy (non-hydrogen) atoms. The van der Waals surface area contributed by atoms with E-state index < -0.39 is 10.7 Å². The van der Waals surface area contributed by atoms with Crippen molar-refractivity contribution >= 4 is 29.5 Å². The minimum Gasteiger partial charge on any atom is -0.478 e. The van der Waals surface area contributed by atoms with Gasteiger partial charge in [0.05, 0.1) is 10.3 Å². The highest BCUT2D eigenvalue weighted by molar-refractivity contribution is 7.99. The molecule has 0 aliphatic heterocycles. The second-order valence-electron chi connectivity index (χ2n) is 4.33. The Morgan fingerprint density at radius 1 is 1.59 bits per heavy atom. The topological polar surface area (TPSA) is 49.3 Å². The Kier molecular flexibility index (Phi) is 4.86. The van der Waals surface area contributed by atoms with Crippen LogP contribution < -0.4 is 4.72 Å². The summed E-state index contributed by atoms with van der Waals surface area (Å²) < 4.78 is 2.79. The van der Waals surface area contributed by atoms with Crippen molar-refractivity contribution in [2.75, 3.05) is 0 Å². The number of carbonyl (C=O) groups is 1. The van der Waals surface area contributed by atoms with Gasteiger partial charge in [-0.2, -0.15) is 0 Å². The van der Waals surface area contributed by atoms with Crippen LogP contribution in [-0.2, 0) is 4.79 Å². The van der Waals surface area contributed by atoms with Crippen LogP contribution in [-0.4, -0.2) is 21.9 Å². The maximum Gasteiger partial charge on any atom is 0.335 e. The van der Waals surface area contributed by atoms with Gasteiger partial charge in [-0.15, -0.1) is 0 Å². The summed E-state index contributed by atoms with van der Waals surface area (Å²) in [5.74, 6) is -0.969. The molecule has 0 fully saturated rings. The van der Waals surface area contributed by atoms with Gasteiger partial charge in [0.15, 0.2) is 0 Å². The molecule has 0 saturated heterocycles. The van der Waals surface area contributed by atoms with Gasteiger partial charge in [0.1, 0.15) is 0 Å². The van der Waals surface area contributed by atoms with E-state index in [1.807, 2.05) is 26.8 Å². The normalized spacial score (nSPS) is 24.3. The maximum atomic E-state index is 11.0. The van der Waals surface area contributed by atoms with Crippen LogP contribution in [0.2, 0.25) is 0 Å². The van der Waals surface area contributed by atoms with Gasteiger partial charge < -0.3 is 5.11 Å². The van der Waals surface area contributed by atoms with E-state index in [4.69, 9.17) is 16.7 Å². The first-order chi connectivity index (χ1) is 7.82. The predicted molar refractivity (Wildman–Crippen MR) is 73.1 cm³/mol. The van der Waals surface area contributed by atoms with Gasteiger partial charge in [-0.25, -0.2) is 4.79 Å². The summed E-state index contributed by atoms with van der Waals surface area (Å²) in [5, 5.41) is 9.49. The van der Waals surface area contributed by atoms with Gasteiger partial charge in [-0.1, -0.05) is 29.6 Å². The summed E-state index contributed by atoms with van der Waals surface area (Å²) >= 11 is 7.37. The van der Waals surface area contributed by atoms with E-state index in [0.29, 0.717) is 11.1 Å². The van der Waals surface area contributed by atoms with Gasteiger partial charge in [-0.3, -0.25) is 4.72 Å². The molecule has 0 radical (unpaired) electrons. The van der Waals surface area contributed by atoms with Crippen LogP contribution >= 0.6 is 23.5 Å². The fourth-order valence-corrected chi connectivity index (χ4v) is 2.26. The van der Waals surface area contributed by atoms with E-state index in [9.17, 15) is 4.79 Å². The van der Waals surface area contributed by atoms with Crippen LogP contribution in [0.3, 0.4) is 0 Å². The average molecular weight is 274 g/mol. The summed E-state index contributed by atoms with van der Waals surface area (Å²) in [6.07, 6.45) is 6.77. The molecule has 2 N–H and O–H groups in total. The van der Waals surface area contributed by atoms with Crippen molar-refractivity contribution in [3.63, 3.8) is 0 Å². The predicted octanol–water partition coefficient (Wildman–Crippen LogP) is 3.09. The molecule has 0 aromatic heterocycles. The van der Waals surface area contributed by atoms with Crippen LogP contribution in [0.1, 0.15) is 20.8 Å². The van der Waals surface area contributed by atoms with Crippen molar-refractivity contribution in [2.24, 2.45) is 0 Å². The lowest BCUT2D eigenvalue weighted by molar-refractivity contribution is -0.132. The summed E-state index contributed by atoms with van der Waals surface area (Å²) in [5.41, 5.74) is 0.209. The Labute approximate surface area is 111 Å². The Morgan fingerprint density at radius 3 is 2.76 bits per heavy atom. The molecule has 5 heteroatoms. The van der Waals surface area contributed by atoms with E-state index in [-0.39, 0.29) is 5.57 Å². The molecule has 1 aliphatic carbocycles. The third kappa shape index (κ3) is 4.58. The molecule has 0 spiro atoms. The molecule has 1 aliphatic rings. The fourth-order valence-electron chi connectivity index (χ4n) is 1.27. The van der Waals surface area contributed by atoms with E-state index >= 15 is 0 Å². The summed E-state index contributed by atoms with van der Waals surface area (Å²) in [6.45, 7) is 6.00. The van der Waals surface area contributed by atoms with E-state index in [0.717, 1.165) is 0 Å². The van der Waals surface area contributed by atoms with Gasteiger partial charge in [0, 0.05) is 11.1 Å². The molecule has 1 rings (SSSR count). The minimum absolute atomic E-state index is 0.209. The Hall–Kier alpha value is -0.710. The number of carboxylic acids is 1. The van der Waals surface area contributed by atoms with Crippen LogP contribution in [0.4, 0.5) is 0 Å². The van der Waals surface area contributed by atoms with Crippen molar-refractivity contribution < 1.29 is 9.90 Å². The molecule has 0 saturated carbocycles. The zero-order valence-corrected chi connectivity index (χ0v) is 11.6. The van der Waals surface area contributed by atoms with Gasteiger partial charge in [0.25, 0.3) is 0 Å². The lowest BCUT2D eigenvalue weighted by Gasteiger charge is -2.23. The highest BCUT2D eigenvalue weighted by Crippen LogP contribution is 2.31. The van der Waals surface area contributed by atoms with Gasteiger partial charge in [0.2, 0.25) is 0 Å². The number of halogens is 1. The number of carboxylic acid groups (broad SMARTS) is 1. The van der Waals surface area contributed by atoms with E-state index in [1.165, 1.54) is 18.0 Å². The zero-order chi connectivity index (χ0) is 13.1. The molecule has 94 valence electrons. The van der Waals surface area contributed by atoms with Crippen LogP contribution in [0, 0.1) is 0 Å². The first-order valence-electron chi connectivity index (χ1n) is 5.28. The second-order valence-corrected chi connectivity index (χ2v) is 6.08. The van der Waals surface area contributed by atoms with Crippen LogP contribution in [0.25, 0.3) is 0 Å². The van der Waals surface area contributed by atoms with Gasteiger partial charge in [-0.05, 0) is 39.0 Å². The highest BCUT2D eigenvalue weighted by atomic mass is 35.5. The Balaban J connectivity index is 2.96. The van der Waals surface area contributed by atoms with E-state index in [2.05, 4.69) is 4.72 Å². The molecule has 1 atom stereocenters. The van der Waals surface area contributed by atoms with E-state index in [1.54, 1.807) is 12.2 Å². The number of rotatable bonds is 4. The summed E-state index contributed by atoms with van der Waals surface area (Å²) in [6, 6.07) is 0.318. The molecule has 0 amide bonds. The van der Waals surface area contributed by atoms with Crippen LogP contribution in [0.5, 0.6) is 0 Å². The second kappa shape index (κ2) is 5.76. The summed E-state index contributed by atoms with van der Waals surface area (Å²) in [7, 11) is 0. The van der Waals surface area contributed by atoms with Crippen molar-refractivity contribution in [2.45, 2.75) is 31.6 Å². The number of aliphatic carboxylic acids is 1. The Bertz CT molecular complexity index is 401. The third-order valence-corrected chi connectivity index (χ3v) is 3.59. The summed E-state index contributed by atoms with van der Waals surface area (Å²) in [4.78, 5) is 11.0. The molecular formula is C12H16ClNO2S. The number of nitrogens with one attached hydrogen (secondary N) is 1. The third-order valence-electron chi connectivity index (χ3n) is 2.07. The molecule has 0 aromatic carbocycles. The standard InChI is InChI=1S/C12H16ClNO2S/c1-8(2)14-17-12(3)5-4-10(13)6-9(7-12)11(15)16/h4-8,14H,1-3H3,(H,15,16). The molecule has 1 unspecified atom stereocenters. The largest absolute Gasteiger partial charge is 0.478 e. The average Bonchev–Trinajstić information content (AvgIpc) is 2.37. The van der Waals surface area contributed by atoms with Crippen molar-refractivity contribution in [1.29, 1.82) is 0 Å². The lowest BCUT2D eigenvalue weighted by Crippen LogP contribution is -2.25. The SMILES string of the molecule is CC(C)NSC1(C)C=CC(Cl)=CC(C(=O)O)=C1. The fraction of sp³-hybridized carbons (Fsp3) is 0.417. The Morgan fingerprint density at radius 2 is 2.24 bits per heavy atom. The monoisotopic (exact) mass is 273 g/mol. The molecule has 0 heterocycles. The zero-order valence-electron chi connectivity index (χ0n) is 10.0. The number of hydrogen-bond donors (Lipinski definition) is 2.